The SMILES string of the molecule is Cc1csc(N(C)C(=O)C2=NN(C)C(=O)CC2)n1. The molecule has 0 aromatic carbocycles. The quantitative estimate of drug-likeness (QED) is 0.802. The zero-order valence-corrected chi connectivity index (χ0v) is 11.3. The second-order valence-electron chi connectivity index (χ2n) is 4.10. The van der Waals surface area contributed by atoms with Crippen LogP contribution >= 0.6 is 11.3 Å². The molecule has 6 nitrogen and oxygen atoms in total. The van der Waals surface area contributed by atoms with E-state index in [2.05, 4.69) is 10.1 Å². The van der Waals surface area contributed by atoms with E-state index in [-0.39, 0.29) is 11.8 Å². The lowest BCUT2D eigenvalue weighted by Crippen LogP contribution is -2.38. The molecular formula is C11H14N4O2S. The van der Waals surface area contributed by atoms with Crippen LogP contribution in [-0.4, -0.2) is 41.6 Å². The fourth-order valence-corrected chi connectivity index (χ4v) is 2.37. The maximum Gasteiger partial charge on any atom is 0.276 e. The molecule has 0 bridgehead atoms. The lowest BCUT2D eigenvalue weighted by atomic mass is 10.1. The van der Waals surface area contributed by atoms with Crippen LogP contribution in [0.25, 0.3) is 0 Å². The maximum atomic E-state index is 12.2. The normalized spacial score (nSPS) is 15.6. The molecule has 0 saturated heterocycles. The molecular weight excluding hydrogens is 252 g/mol. The van der Waals surface area contributed by atoms with Gasteiger partial charge in [0, 0.05) is 32.3 Å². The first-order valence-corrected chi connectivity index (χ1v) is 6.41. The summed E-state index contributed by atoms with van der Waals surface area (Å²) < 4.78 is 0. The van der Waals surface area contributed by atoms with Gasteiger partial charge in [0.1, 0.15) is 5.71 Å². The van der Waals surface area contributed by atoms with Crippen molar-refractivity contribution in [3.8, 4) is 0 Å². The third-order valence-electron chi connectivity index (χ3n) is 2.65. The van der Waals surface area contributed by atoms with Gasteiger partial charge in [-0.05, 0) is 6.92 Å². The lowest BCUT2D eigenvalue weighted by molar-refractivity contribution is -0.130. The van der Waals surface area contributed by atoms with Crippen molar-refractivity contribution in [1.82, 2.24) is 9.99 Å². The molecule has 0 spiro atoms. The van der Waals surface area contributed by atoms with Crippen LogP contribution < -0.4 is 4.90 Å². The van der Waals surface area contributed by atoms with Crippen LogP contribution in [0.4, 0.5) is 5.13 Å². The highest BCUT2D eigenvalue weighted by Crippen LogP contribution is 2.20. The summed E-state index contributed by atoms with van der Waals surface area (Å²) in [5.41, 5.74) is 1.28. The molecule has 2 amide bonds. The minimum atomic E-state index is -0.205. The Bertz CT molecular complexity index is 523. The van der Waals surface area contributed by atoms with Crippen molar-refractivity contribution in [1.29, 1.82) is 0 Å². The van der Waals surface area contributed by atoms with Gasteiger partial charge in [0.15, 0.2) is 5.13 Å². The fourth-order valence-electron chi connectivity index (χ4n) is 1.60. The Labute approximate surface area is 109 Å². The number of hydrogen-bond acceptors (Lipinski definition) is 5. The van der Waals surface area contributed by atoms with Gasteiger partial charge in [-0.3, -0.25) is 14.5 Å². The molecule has 0 aliphatic carbocycles. The molecule has 0 saturated carbocycles. The number of amides is 2. The summed E-state index contributed by atoms with van der Waals surface area (Å²) in [4.78, 5) is 29.2. The van der Waals surface area contributed by atoms with Gasteiger partial charge in [-0.25, -0.2) is 9.99 Å². The highest BCUT2D eigenvalue weighted by atomic mass is 32.1. The van der Waals surface area contributed by atoms with Gasteiger partial charge in [-0.15, -0.1) is 11.3 Å². The van der Waals surface area contributed by atoms with Crippen molar-refractivity contribution in [2.75, 3.05) is 19.0 Å². The minimum Gasteiger partial charge on any atom is -0.286 e. The second-order valence-corrected chi connectivity index (χ2v) is 4.94. The van der Waals surface area contributed by atoms with Gasteiger partial charge in [0.2, 0.25) is 5.91 Å². The first-order chi connectivity index (χ1) is 8.49. The van der Waals surface area contributed by atoms with E-state index >= 15 is 0 Å². The van der Waals surface area contributed by atoms with Gasteiger partial charge >= 0.3 is 0 Å². The minimum absolute atomic E-state index is 0.0701. The van der Waals surface area contributed by atoms with Gasteiger partial charge in [-0.1, -0.05) is 0 Å². The van der Waals surface area contributed by atoms with Crippen molar-refractivity contribution in [3.63, 3.8) is 0 Å². The van der Waals surface area contributed by atoms with Crippen molar-refractivity contribution >= 4 is 34.0 Å². The number of hydrogen-bond donors (Lipinski definition) is 0. The van der Waals surface area contributed by atoms with Crippen LogP contribution in [0.5, 0.6) is 0 Å². The van der Waals surface area contributed by atoms with Crippen molar-refractivity contribution < 1.29 is 9.59 Å². The van der Waals surface area contributed by atoms with Crippen molar-refractivity contribution in [2.24, 2.45) is 5.10 Å². The number of thiazole rings is 1. The van der Waals surface area contributed by atoms with E-state index in [9.17, 15) is 9.59 Å². The average molecular weight is 266 g/mol. The molecule has 7 heteroatoms. The Kier molecular flexibility index (Phi) is 3.42. The smallest absolute Gasteiger partial charge is 0.276 e. The van der Waals surface area contributed by atoms with Crippen molar-refractivity contribution in [2.45, 2.75) is 19.8 Å². The number of aromatic nitrogens is 1. The molecule has 0 atom stereocenters. The molecule has 1 aliphatic heterocycles. The molecule has 0 unspecified atom stereocenters. The largest absolute Gasteiger partial charge is 0.286 e. The van der Waals surface area contributed by atoms with E-state index in [1.165, 1.54) is 21.2 Å². The number of rotatable bonds is 2. The van der Waals surface area contributed by atoms with Gasteiger partial charge in [0.25, 0.3) is 5.91 Å². The van der Waals surface area contributed by atoms with Crippen LogP contribution in [0.2, 0.25) is 0 Å². The van der Waals surface area contributed by atoms with E-state index in [1.807, 2.05) is 12.3 Å². The lowest BCUT2D eigenvalue weighted by Gasteiger charge is -2.21. The molecule has 0 radical (unpaired) electrons. The highest BCUT2D eigenvalue weighted by molar-refractivity contribution is 7.14. The number of anilines is 1. The molecule has 2 heterocycles. The summed E-state index contributed by atoms with van der Waals surface area (Å²) in [6, 6.07) is 0. The van der Waals surface area contributed by atoms with Crippen LogP contribution in [0.1, 0.15) is 18.5 Å². The molecule has 0 N–H and O–H groups in total. The zero-order chi connectivity index (χ0) is 13.3. The van der Waals surface area contributed by atoms with Gasteiger partial charge in [-0.2, -0.15) is 5.10 Å². The van der Waals surface area contributed by atoms with E-state index in [4.69, 9.17) is 0 Å². The van der Waals surface area contributed by atoms with E-state index < -0.39 is 0 Å². The first kappa shape index (κ1) is 12.7. The van der Waals surface area contributed by atoms with Crippen LogP contribution in [-0.2, 0) is 9.59 Å². The molecule has 0 fully saturated rings. The molecule has 1 aromatic rings. The Morgan fingerprint density at radius 3 is 2.78 bits per heavy atom. The Morgan fingerprint density at radius 1 is 1.50 bits per heavy atom. The standard InChI is InChI=1S/C11H14N4O2S/c1-7-6-18-11(12-7)14(2)10(17)8-4-5-9(16)15(3)13-8/h6H,4-5H2,1-3H3. The predicted molar refractivity (Wildman–Crippen MR) is 69.7 cm³/mol. The zero-order valence-electron chi connectivity index (χ0n) is 10.5. The second kappa shape index (κ2) is 4.85. The third-order valence-corrected chi connectivity index (χ3v) is 3.69. The van der Waals surface area contributed by atoms with Gasteiger partial charge < -0.3 is 0 Å². The van der Waals surface area contributed by atoms with Crippen LogP contribution in [0.3, 0.4) is 0 Å². The summed E-state index contributed by atoms with van der Waals surface area (Å²) in [6.07, 6.45) is 0.711. The average Bonchev–Trinajstić information content (AvgIpc) is 2.77. The van der Waals surface area contributed by atoms with Gasteiger partial charge in [0.05, 0.1) is 5.69 Å². The monoisotopic (exact) mass is 266 g/mol. The predicted octanol–water partition coefficient (Wildman–Crippen LogP) is 1.02. The number of hydrazone groups is 1. The number of aryl methyl sites for hydroxylation is 1. The van der Waals surface area contributed by atoms with E-state index in [0.29, 0.717) is 23.7 Å². The number of nitrogens with zero attached hydrogens (tertiary/aromatic N) is 4. The molecule has 18 heavy (non-hydrogen) atoms. The summed E-state index contributed by atoms with van der Waals surface area (Å²) in [7, 11) is 3.22. The third kappa shape index (κ3) is 2.40. The highest BCUT2D eigenvalue weighted by Gasteiger charge is 2.25. The Hall–Kier alpha value is -1.76. The summed E-state index contributed by atoms with van der Waals surface area (Å²) in [5.74, 6) is -0.275. The van der Waals surface area contributed by atoms with E-state index in [1.54, 1.807) is 14.1 Å². The molecule has 96 valence electrons. The number of carbonyl (C=O) groups excluding carboxylic acids is 2. The topological polar surface area (TPSA) is 65.9 Å². The Morgan fingerprint density at radius 2 is 2.22 bits per heavy atom. The van der Waals surface area contributed by atoms with Crippen LogP contribution in [0, 0.1) is 6.92 Å². The summed E-state index contributed by atoms with van der Waals surface area (Å²) >= 11 is 1.41. The van der Waals surface area contributed by atoms with E-state index in [0.717, 1.165) is 5.69 Å². The molecule has 2 rings (SSSR count). The summed E-state index contributed by atoms with van der Waals surface area (Å²) in [5, 5.41) is 7.75. The molecule has 1 aliphatic rings. The van der Waals surface area contributed by atoms with Crippen molar-refractivity contribution in [3.05, 3.63) is 11.1 Å². The first-order valence-electron chi connectivity index (χ1n) is 5.53. The Balaban J connectivity index is 2.17. The van der Waals surface area contributed by atoms with Crippen LogP contribution in [0.15, 0.2) is 10.5 Å². The fraction of sp³-hybridized carbons (Fsp3) is 0.455. The summed E-state index contributed by atoms with van der Waals surface area (Å²) in [6.45, 7) is 1.88. The maximum absolute atomic E-state index is 12.2. The molecule has 1 aromatic heterocycles. The number of carbonyl (C=O) groups is 2.